The number of benzene rings is 1. The third-order valence-electron chi connectivity index (χ3n) is 3.15. The molecule has 3 nitrogen and oxygen atoms in total. The standard InChI is InChI=1S/C14H17Cl2NO2S/c1-14(13(18)19-2,17-10-4-5-10)8-20-12-7-9(15)3-6-11(12)16/h3,6-7,10,17H,4-5,8H2,1-2H3. The number of carbonyl (C=O) groups is 1. The van der Waals surface area contributed by atoms with Gasteiger partial charge in [-0.05, 0) is 38.0 Å². The van der Waals surface area contributed by atoms with Crippen LogP contribution in [0.4, 0.5) is 0 Å². The number of nitrogens with one attached hydrogen (secondary N) is 1. The molecular weight excluding hydrogens is 317 g/mol. The summed E-state index contributed by atoms with van der Waals surface area (Å²) in [5.74, 6) is 0.283. The molecule has 0 amide bonds. The van der Waals surface area contributed by atoms with Crippen LogP contribution in [-0.4, -0.2) is 30.4 Å². The number of hydrogen-bond donors (Lipinski definition) is 1. The van der Waals surface area contributed by atoms with E-state index < -0.39 is 5.54 Å². The van der Waals surface area contributed by atoms with E-state index in [0.717, 1.165) is 17.7 Å². The zero-order chi connectivity index (χ0) is 14.8. The van der Waals surface area contributed by atoms with Gasteiger partial charge < -0.3 is 4.74 Å². The molecule has 0 bridgehead atoms. The van der Waals surface area contributed by atoms with Crippen molar-refractivity contribution in [1.82, 2.24) is 5.32 Å². The third kappa shape index (κ3) is 4.04. The maximum atomic E-state index is 12.0. The van der Waals surface area contributed by atoms with Crippen LogP contribution in [0.5, 0.6) is 0 Å². The summed E-state index contributed by atoms with van der Waals surface area (Å²) < 4.78 is 4.91. The monoisotopic (exact) mass is 333 g/mol. The number of halogens is 2. The summed E-state index contributed by atoms with van der Waals surface area (Å²) in [6.07, 6.45) is 2.21. The molecule has 1 atom stereocenters. The molecule has 0 aliphatic heterocycles. The van der Waals surface area contributed by atoms with Crippen molar-refractivity contribution in [2.45, 2.75) is 36.2 Å². The number of carbonyl (C=O) groups excluding carboxylic acids is 1. The van der Waals surface area contributed by atoms with Crippen LogP contribution in [-0.2, 0) is 9.53 Å². The van der Waals surface area contributed by atoms with Gasteiger partial charge in [-0.25, -0.2) is 0 Å². The van der Waals surface area contributed by atoms with Crippen molar-refractivity contribution in [3.8, 4) is 0 Å². The van der Waals surface area contributed by atoms with E-state index in [1.165, 1.54) is 18.9 Å². The molecule has 1 N–H and O–H groups in total. The fraction of sp³-hybridized carbons (Fsp3) is 0.500. The molecule has 0 saturated heterocycles. The van der Waals surface area contributed by atoms with Crippen molar-refractivity contribution >= 4 is 40.9 Å². The predicted octanol–water partition coefficient (Wildman–Crippen LogP) is 3.77. The minimum atomic E-state index is -0.716. The number of esters is 1. The molecule has 20 heavy (non-hydrogen) atoms. The first kappa shape index (κ1) is 16.0. The highest BCUT2D eigenvalue weighted by Crippen LogP contribution is 2.33. The van der Waals surface area contributed by atoms with E-state index in [0.29, 0.717) is 21.8 Å². The highest BCUT2D eigenvalue weighted by Gasteiger charge is 2.39. The Morgan fingerprint density at radius 2 is 2.20 bits per heavy atom. The van der Waals surface area contributed by atoms with Gasteiger partial charge in [-0.1, -0.05) is 23.2 Å². The largest absolute Gasteiger partial charge is 0.468 e. The first-order valence-electron chi connectivity index (χ1n) is 6.38. The summed E-state index contributed by atoms with van der Waals surface area (Å²) >= 11 is 13.6. The summed E-state index contributed by atoms with van der Waals surface area (Å²) in [6, 6.07) is 5.73. The second-order valence-electron chi connectivity index (χ2n) is 5.11. The molecule has 1 aliphatic carbocycles. The van der Waals surface area contributed by atoms with Gasteiger partial charge in [0, 0.05) is 21.7 Å². The van der Waals surface area contributed by atoms with Crippen LogP contribution in [0.25, 0.3) is 0 Å². The van der Waals surface area contributed by atoms with Crippen LogP contribution in [0.1, 0.15) is 19.8 Å². The first-order valence-corrected chi connectivity index (χ1v) is 8.13. The minimum Gasteiger partial charge on any atom is -0.468 e. The molecule has 0 spiro atoms. The van der Waals surface area contributed by atoms with E-state index in [-0.39, 0.29) is 5.97 Å². The summed E-state index contributed by atoms with van der Waals surface area (Å²) in [5.41, 5.74) is -0.716. The Morgan fingerprint density at radius 1 is 1.50 bits per heavy atom. The molecular formula is C14H17Cl2NO2S. The average molecular weight is 334 g/mol. The van der Waals surface area contributed by atoms with Crippen molar-refractivity contribution in [3.05, 3.63) is 28.2 Å². The second kappa shape index (κ2) is 6.56. The molecule has 0 aromatic heterocycles. The molecule has 1 fully saturated rings. The number of rotatable bonds is 6. The quantitative estimate of drug-likeness (QED) is 0.635. The zero-order valence-corrected chi connectivity index (χ0v) is 13.7. The fourth-order valence-electron chi connectivity index (χ4n) is 1.87. The molecule has 2 rings (SSSR count). The van der Waals surface area contributed by atoms with Crippen molar-refractivity contribution in [3.63, 3.8) is 0 Å². The summed E-state index contributed by atoms with van der Waals surface area (Å²) in [6.45, 7) is 1.86. The average Bonchev–Trinajstić information content (AvgIpc) is 3.22. The molecule has 1 aliphatic rings. The highest BCUT2D eigenvalue weighted by molar-refractivity contribution is 7.99. The molecule has 1 saturated carbocycles. The Hall–Kier alpha value is -0.420. The first-order chi connectivity index (χ1) is 9.44. The van der Waals surface area contributed by atoms with Gasteiger partial charge in [-0.15, -0.1) is 11.8 Å². The van der Waals surface area contributed by atoms with Gasteiger partial charge in [0.1, 0.15) is 5.54 Å². The van der Waals surface area contributed by atoms with E-state index in [4.69, 9.17) is 27.9 Å². The summed E-state index contributed by atoms with van der Waals surface area (Å²) in [4.78, 5) is 12.9. The van der Waals surface area contributed by atoms with Crippen molar-refractivity contribution in [2.75, 3.05) is 12.9 Å². The van der Waals surface area contributed by atoms with Crippen LogP contribution in [0, 0.1) is 0 Å². The van der Waals surface area contributed by atoms with E-state index in [2.05, 4.69) is 5.32 Å². The second-order valence-corrected chi connectivity index (χ2v) is 6.97. The number of hydrogen-bond acceptors (Lipinski definition) is 4. The Bertz CT molecular complexity index is 508. The molecule has 6 heteroatoms. The van der Waals surface area contributed by atoms with Gasteiger partial charge in [0.15, 0.2) is 0 Å². The van der Waals surface area contributed by atoms with Crippen molar-refractivity contribution in [1.29, 1.82) is 0 Å². The Labute approximate surface area is 133 Å². The van der Waals surface area contributed by atoms with E-state index >= 15 is 0 Å². The van der Waals surface area contributed by atoms with Crippen molar-refractivity contribution in [2.24, 2.45) is 0 Å². The minimum absolute atomic E-state index is 0.255. The SMILES string of the molecule is COC(=O)C(C)(CSc1cc(Cl)ccc1Cl)NC1CC1. The van der Waals surface area contributed by atoms with Crippen molar-refractivity contribution < 1.29 is 9.53 Å². The molecule has 0 radical (unpaired) electrons. The van der Waals surface area contributed by atoms with Crippen LogP contribution < -0.4 is 5.32 Å². The maximum absolute atomic E-state index is 12.0. The van der Waals surface area contributed by atoms with Gasteiger partial charge in [0.25, 0.3) is 0 Å². The normalized spacial score (nSPS) is 17.6. The van der Waals surface area contributed by atoms with E-state index in [1.54, 1.807) is 12.1 Å². The summed E-state index contributed by atoms with van der Waals surface area (Å²) in [5, 5.41) is 4.62. The molecule has 1 aromatic carbocycles. The van der Waals surface area contributed by atoms with Crippen LogP contribution >= 0.6 is 35.0 Å². The highest BCUT2D eigenvalue weighted by atomic mass is 35.5. The lowest BCUT2D eigenvalue weighted by atomic mass is 10.1. The van der Waals surface area contributed by atoms with Gasteiger partial charge >= 0.3 is 5.97 Å². The summed E-state index contributed by atoms with van der Waals surface area (Å²) in [7, 11) is 1.41. The molecule has 0 heterocycles. The van der Waals surface area contributed by atoms with Gasteiger partial charge in [-0.3, -0.25) is 10.1 Å². The fourth-order valence-corrected chi connectivity index (χ4v) is 3.45. The lowest BCUT2D eigenvalue weighted by Gasteiger charge is -2.28. The Morgan fingerprint density at radius 3 is 2.80 bits per heavy atom. The number of thioether (sulfide) groups is 1. The third-order valence-corrected chi connectivity index (χ3v) is 5.19. The van der Waals surface area contributed by atoms with Crippen LogP contribution in [0.2, 0.25) is 10.0 Å². The maximum Gasteiger partial charge on any atom is 0.326 e. The topological polar surface area (TPSA) is 38.3 Å². The number of ether oxygens (including phenoxy) is 1. The van der Waals surface area contributed by atoms with Crippen LogP contribution in [0.3, 0.4) is 0 Å². The van der Waals surface area contributed by atoms with Gasteiger partial charge in [0.05, 0.1) is 12.1 Å². The smallest absolute Gasteiger partial charge is 0.326 e. The predicted molar refractivity (Wildman–Crippen MR) is 83.8 cm³/mol. The van der Waals surface area contributed by atoms with Gasteiger partial charge in [-0.2, -0.15) is 0 Å². The Kier molecular flexibility index (Phi) is 5.24. The lowest BCUT2D eigenvalue weighted by molar-refractivity contribution is -0.146. The van der Waals surface area contributed by atoms with E-state index in [1.807, 2.05) is 13.0 Å². The lowest BCUT2D eigenvalue weighted by Crippen LogP contribution is -2.53. The molecule has 110 valence electrons. The number of methoxy groups -OCH3 is 1. The zero-order valence-electron chi connectivity index (χ0n) is 11.4. The van der Waals surface area contributed by atoms with Crippen LogP contribution in [0.15, 0.2) is 23.1 Å². The van der Waals surface area contributed by atoms with E-state index in [9.17, 15) is 4.79 Å². The molecule has 1 aromatic rings. The van der Waals surface area contributed by atoms with Gasteiger partial charge in [0.2, 0.25) is 0 Å². The molecule has 1 unspecified atom stereocenters. The Balaban J connectivity index is 2.07.